The van der Waals surface area contributed by atoms with E-state index >= 15 is 0 Å². The molecule has 1 aromatic carbocycles. The highest BCUT2D eigenvalue weighted by atomic mass is 79.9. The summed E-state index contributed by atoms with van der Waals surface area (Å²) in [4.78, 5) is 2.56. The molecule has 4 heteroatoms. The van der Waals surface area contributed by atoms with Gasteiger partial charge in [0.25, 0.3) is 0 Å². The molecule has 0 aliphatic carbocycles. The molecule has 0 saturated carbocycles. The Morgan fingerprint density at radius 3 is 2.62 bits per heavy atom. The molecule has 2 bridgehead atoms. The van der Waals surface area contributed by atoms with Crippen LogP contribution in [-0.2, 0) is 6.54 Å². The second-order valence-corrected chi connectivity index (χ2v) is 7.34. The Balaban J connectivity index is 1.70. The lowest BCUT2D eigenvalue weighted by Crippen LogP contribution is -2.48. The largest absolute Gasteiger partial charge is 0.311 e. The molecule has 0 radical (unpaired) electrons. The van der Waals surface area contributed by atoms with Gasteiger partial charge in [-0.2, -0.15) is 0 Å². The maximum Gasteiger partial charge on any atom is 0.137 e. The molecule has 3 rings (SSSR count). The first-order valence-corrected chi connectivity index (χ1v) is 8.89. The van der Waals surface area contributed by atoms with E-state index in [1.54, 1.807) is 6.07 Å². The van der Waals surface area contributed by atoms with Gasteiger partial charge in [-0.3, -0.25) is 4.90 Å². The normalized spacial score (nSPS) is 28.3. The van der Waals surface area contributed by atoms with Crippen molar-refractivity contribution >= 4 is 15.9 Å². The van der Waals surface area contributed by atoms with Crippen molar-refractivity contribution in [3.05, 3.63) is 34.1 Å². The SMILES string of the molecule is CCCN(Cc1ccc(Br)c(F)c1)C1CC2CCC(C1)N2. The monoisotopic (exact) mass is 354 g/mol. The Morgan fingerprint density at radius 2 is 2.00 bits per heavy atom. The molecule has 2 aliphatic heterocycles. The summed E-state index contributed by atoms with van der Waals surface area (Å²) >= 11 is 3.23. The first-order valence-electron chi connectivity index (χ1n) is 8.09. The van der Waals surface area contributed by atoms with E-state index < -0.39 is 0 Å². The van der Waals surface area contributed by atoms with Crippen LogP contribution >= 0.6 is 15.9 Å². The van der Waals surface area contributed by atoms with Crippen molar-refractivity contribution in [3.8, 4) is 0 Å². The van der Waals surface area contributed by atoms with Gasteiger partial charge >= 0.3 is 0 Å². The van der Waals surface area contributed by atoms with Crippen LogP contribution in [0.4, 0.5) is 4.39 Å². The number of nitrogens with one attached hydrogen (secondary N) is 1. The van der Waals surface area contributed by atoms with Gasteiger partial charge in [-0.15, -0.1) is 0 Å². The van der Waals surface area contributed by atoms with E-state index in [-0.39, 0.29) is 5.82 Å². The molecule has 2 fully saturated rings. The van der Waals surface area contributed by atoms with E-state index in [2.05, 4.69) is 33.1 Å². The van der Waals surface area contributed by atoms with Crippen LogP contribution in [0, 0.1) is 5.82 Å². The van der Waals surface area contributed by atoms with Crippen LogP contribution in [0.1, 0.15) is 44.6 Å². The number of benzene rings is 1. The number of hydrogen-bond acceptors (Lipinski definition) is 2. The smallest absolute Gasteiger partial charge is 0.137 e. The van der Waals surface area contributed by atoms with Crippen molar-refractivity contribution in [2.75, 3.05) is 6.54 Å². The van der Waals surface area contributed by atoms with Crippen LogP contribution in [0.25, 0.3) is 0 Å². The quantitative estimate of drug-likeness (QED) is 0.856. The third-order valence-electron chi connectivity index (χ3n) is 4.85. The minimum Gasteiger partial charge on any atom is -0.311 e. The van der Waals surface area contributed by atoms with Crippen LogP contribution in [0.3, 0.4) is 0 Å². The zero-order valence-corrected chi connectivity index (χ0v) is 14.2. The predicted octanol–water partition coefficient (Wildman–Crippen LogP) is 4.08. The molecule has 2 saturated heterocycles. The lowest BCUT2D eigenvalue weighted by atomic mass is 9.97. The Kier molecular flexibility index (Phi) is 4.97. The molecular weight excluding hydrogens is 331 g/mol. The predicted molar refractivity (Wildman–Crippen MR) is 87.8 cm³/mol. The average Bonchev–Trinajstić information content (AvgIpc) is 2.81. The standard InChI is InChI=1S/C17H24BrFN2/c1-2-7-21(11-12-3-6-16(18)17(19)8-12)15-9-13-4-5-14(10-15)20-13/h3,6,8,13-15,20H,2,4-5,7,9-11H2,1H3. The Bertz CT molecular complexity index is 482. The molecule has 2 heterocycles. The van der Waals surface area contributed by atoms with Crippen LogP contribution in [0.2, 0.25) is 0 Å². The van der Waals surface area contributed by atoms with Gasteiger partial charge < -0.3 is 5.32 Å². The van der Waals surface area contributed by atoms with Crippen molar-refractivity contribution in [3.63, 3.8) is 0 Å². The average molecular weight is 355 g/mol. The van der Waals surface area contributed by atoms with Crippen molar-refractivity contribution in [2.24, 2.45) is 0 Å². The first kappa shape index (κ1) is 15.4. The van der Waals surface area contributed by atoms with Crippen molar-refractivity contribution in [2.45, 2.75) is 63.7 Å². The Hall–Kier alpha value is -0.450. The van der Waals surface area contributed by atoms with E-state index in [4.69, 9.17) is 0 Å². The molecular formula is C17H24BrFN2. The van der Waals surface area contributed by atoms with E-state index in [9.17, 15) is 4.39 Å². The molecule has 1 N–H and O–H groups in total. The van der Waals surface area contributed by atoms with Crippen molar-refractivity contribution < 1.29 is 4.39 Å². The highest BCUT2D eigenvalue weighted by Crippen LogP contribution is 2.30. The van der Waals surface area contributed by atoms with E-state index in [0.717, 1.165) is 25.1 Å². The molecule has 2 atom stereocenters. The fourth-order valence-electron chi connectivity index (χ4n) is 3.88. The second-order valence-electron chi connectivity index (χ2n) is 6.48. The van der Waals surface area contributed by atoms with Crippen LogP contribution < -0.4 is 5.32 Å². The molecule has 116 valence electrons. The van der Waals surface area contributed by atoms with Gasteiger partial charge in [0.05, 0.1) is 4.47 Å². The highest BCUT2D eigenvalue weighted by molar-refractivity contribution is 9.10. The summed E-state index contributed by atoms with van der Waals surface area (Å²) in [6.45, 7) is 4.19. The summed E-state index contributed by atoms with van der Waals surface area (Å²) in [7, 11) is 0. The van der Waals surface area contributed by atoms with Gasteiger partial charge in [0.1, 0.15) is 5.82 Å². The van der Waals surface area contributed by atoms with Crippen molar-refractivity contribution in [1.82, 2.24) is 10.2 Å². The fourth-order valence-corrected chi connectivity index (χ4v) is 4.12. The molecule has 0 aromatic heterocycles. The Morgan fingerprint density at radius 1 is 1.29 bits per heavy atom. The number of piperidine rings is 1. The summed E-state index contributed by atoms with van der Waals surface area (Å²) in [5.74, 6) is -0.158. The first-order chi connectivity index (χ1) is 10.2. The highest BCUT2D eigenvalue weighted by Gasteiger charge is 2.35. The molecule has 0 amide bonds. The number of nitrogens with zero attached hydrogens (tertiary/aromatic N) is 1. The number of rotatable bonds is 5. The lowest BCUT2D eigenvalue weighted by Gasteiger charge is -2.38. The molecule has 2 unspecified atom stereocenters. The minimum absolute atomic E-state index is 0.158. The summed E-state index contributed by atoms with van der Waals surface area (Å²) in [5.41, 5.74) is 1.08. The zero-order valence-electron chi connectivity index (χ0n) is 12.6. The summed E-state index contributed by atoms with van der Waals surface area (Å²) < 4.78 is 14.3. The second kappa shape index (κ2) is 6.76. The van der Waals surface area contributed by atoms with Crippen molar-refractivity contribution in [1.29, 1.82) is 0 Å². The van der Waals surface area contributed by atoms with Gasteiger partial charge in [0, 0.05) is 24.7 Å². The fraction of sp³-hybridized carbons (Fsp3) is 0.647. The third-order valence-corrected chi connectivity index (χ3v) is 5.49. The maximum atomic E-state index is 13.7. The Labute approximate surface area is 135 Å². The topological polar surface area (TPSA) is 15.3 Å². The van der Waals surface area contributed by atoms with Gasteiger partial charge in [-0.1, -0.05) is 13.0 Å². The van der Waals surface area contributed by atoms with Gasteiger partial charge in [-0.25, -0.2) is 4.39 Å². The number of halogens is 2. The zero-order chi connectivity index (χ0) is 14.8. The van der Waals surface area contributed by atoms with Gasteiger partial charge in [0.2, 0.25) is 0 Å². The van der Waals surface area contributed by atoms with E-state index in [1.165, 1.54) is 25.7 Å². The molecule has 21 heavy (non-hydrogen) atoms. The third kappa shape index (κ3) is 3.66. The van der Waals surface area contributed by atoms with Crippen LogP contribution in [0.15, 0.2) is 22.7 Å². The summed E-state index contributed by atoms with van der Waals surface area (Å²) in [5, 5.41) is 3.70. The van der Waals surface area contributed by atoms with E-state index in [0.29, 0.717) is 22.6 Å². The molecule has 0 spiro atoms. The molecule has 1 aromatic rings. The van der Waals surface area contributed by atoms with Crippen LogP contribution in [-0.4, -0.2) is 29.6 Å². The minimum atomic E-state index is -0.158. The van der Waals surface area contributed by atoms with Crippen LogP contribution in [0.5, 0.6) is 0 Å². The molecule has 2 aliphatic rings. The maximum absolute atomic E-state index is 13.7. The number of hydrogen-bond donors (Lipinski definition) is 1. The van der Waals surface area contributed by atoms with Gasteiger partial charge in [-0.05, 0) is 72.3 Å². The summed E-state index contributed by atoms with van der Waals surface area (Å²) in [6, 6.07) is 7.58. The molecule has 2 nitrogen and oxygen atoms in total. The number of fused-ring (bicyclic) bond motifs is 2. The van der Waals surface area contributed by atoms with Gasteiger partial charge in [0.15, 0.2) is 0 Å². The summed E-state index contributed by atoms with van der Waals surface area (Å²) in [6.07, 6.45) is 6.30. The van der Waals surface area contributed by atoms with E-state index in [1.807, 2.05) is 12.1 Å². The lowest BCUT2D eigenvalue weighted by molar-refractivity contribution is 0.134.